The van der Waals surface area contributed by atoms with Crippen LogP contribution in [0.4, 0.5) is 5.69 Å². The number of carbonyl (C=O) groups is 2. The molecule has 1 N–H and O–H groups in total. The molecule has 1 aromatic carbocycles. The van der Waals surface area contributed by atoms with Crippen LogP contribution in [0.15, 0.2) is 24.4 Å². The van der Waals surface area contributed by atoms with Crippen molar-refractivity contribution in [1.82, 2.24) is 9.88 Å². The van der Waals surface area contributed by atoms with Crippen LogP contribution in [0.5, 0.6) is 0 Å². The van der Waals surface area contributed by atoms with Gasteiger partial charge in [0.1, 0.15) is 0 Å². The summed E-state index contributed by atoms with van der Waals surface area (Å²) in [5, 5.41) is 4.17. The molecule has 0 saturated carbocycles. The van der Waals surface area contributed by atoms with Crippen molar-refractivity contribution in [2.45, 2.75) is 13.8 Å². The number of aryl methyl sites for hydroxylation is 1. The first-order valence-electron chi connectivity index (χ1n) is 6.45. The van der Waals surface area contributed by atoms with Crippen molar-refractivity contribution in [3.63, 3.8) is 0 Å². The smallest absolute Gasteiger partial charge is 0.244 e. The van der Waals surface area contributed by atoms with Gasteiger partial charge in [0.05, 0.1) is 22.8 Å². The number of nitrogens with one attached hydrogen (secondary N) is 1. The van der Waals surface area contributed by atoms with E-state index in [1.165, 1.54) is 11.8 Å². The third kappa shape index (κ3) is 3.31. The van der Waals surface area contributed by atoms with Gasteiger partial charge in [-0.2, -0.15) is 0 Å². The molecule has 0 aliphatic heterocycles. The lowest BCUT2D eigenvalue weighted by molar-refractivity contribution is -0.131. The largest absolute Gasteiger partial charge is 0.337 e. The van der Waals surface area contributed by atoms with Crippen molar-refractivity contribution in [3.8, 4) is 0 Å². The maximum atomic E-state index is 12.0. The van der Waals surface area contributed by atoms with Crippen molar-refractivity contribution in [2.24, 2.45) is 0 Å². The van der Waals surface area contributed by atoms with E-state index in [1.807, 2.05) is 13.0 Å². The molecule has 21 heavy (non-hydrogen) atoms. The molecule has 110 valence electrons. The Morgan fingerprint density at radius 1 is 1.38 bits per heavy atom. The Hall–Kier alpha value is -2.14. The van der Waals surface area contributed by atoms with Gasteiger partial charge >= 0.3 is 0 Å². The second kappa shape index (κ2) is 6.10. The number of para-hydroxylation sites is 1. The zero-order valence-corrected chi connectivity index (χ0v) is 12.9. The molecule has 0 aliphatic rings. The third-order valence-electron chi connectivity index (χ3n) is 3.20. The summed E-state index contributed by atoms with van der Waals surface area (Å²) in [6, 6.07) is 5.42. The third-order valence-corrected chi connectivity index (χ3v) is 3.70. The predicted octanol–water partition coefficient (Wildman–Crippen LogP) is 2.61. The van der Waals surface area contributed by atoms with Crippen LogP contribution >= 0.6 is 11.6 Å². The number of likely N-dealkylation sites (N-methyl/N-ethyl adjacent to an activating group) is 1. The summed E-state index contributed by atoms with van der Waals surface area (Å²) in [5.41, 5.74) is 2.09. The van der Waals surface area contributed by atoms with Crippen LogP contribution in [-0.2, 0) is 9.59 Å². The maximum Gasteiger partial charge on any atom is 0.244 e. The van der Waals surface area contributed by atoms with Crippen molar-refractivity contribution in [2.75, 3.05) is 18.9 Å². The van der Waals surface area contributed by atoms with E-state index in [4.69, 9.17) is 11.6 Å². The number of rotatable bonds is 3. The molecular formula is C15H16ClN3O2. The lowest BCUT2D eigenvalue weighted by Crippen LogP contribution is -2.33. The summed E-state index contributed by atoms with van der Waals surface area (Å²) >= 11 is 6.25. The summed E-state index contributed by atoms with van der Waals surface area (Å²) in [6.45, 7) is 3.28. The van der Waals surface area contributed by atoms with Crippen LogP contribution in [0, 0.1) is 6.92 Å². The number of hydrogen-bond donors (Lipinski definition) is 1. The van der Waals surface area contributed by atoms with Gasteiger partial charge in [-0.3, -0.25) is 14.6 Å². The average Bonchev–Trinajstić information content (AvgIpc) is 2.43. The highest BCUT2D eigenvalue weighted by molar-refractivity contribution is 6.36. The molecule has 6 heteroatoms. The Kier molecular flexibility index (Phi) is 4.43. The van der Waals surface area contributed by atoms with Crippen LogP contribution < -0.4 is 5.32 Å². The molecule has 2 amide bonds. The molecule has 1 aromatic heterocycles. The normalized spacial score (nSPS) is 10.5. The number of carbonyl (C=O) groups excluding carboxylic acids is 2. The minimum atomic E-state index is -0.279. The molecule has 0 spiro atoms. The molecule has 0 aliphatic carbocycles. The van der Waals surface area contributed by atoms with Gasteiger partial charge in [0, 0.05) is 25.6 Å². The SMILES string of the molecule is CC(=O)N(C)CC(=O)Nc1cccc2c(Cl)c(C)cnc12. The summed E-state index contributed by atoms with van der Waals surface area (Å²) in [6.07, 6.45) is 1.67. The summed E-state index contributed by atoms with van der Waals surface area (Å²) in [7, 11) is 1.57. The Morgan fingerprint density at radius 2 is 2.10 bits per heavy atom. The van der Waals surface area contributed by atoms with E-state index < -0.39 is 0 Å². The minimum absolute atomic E-state index is 0.00862. The fourth-order valence-electron chi connectivity index (χ4n) is 1.91. The molecule has 0 saturated heterocycles. The number of aromatic nitrogens is 1. The molecule has 2 rings (SSSR count). The zero-order chi connectivity index (χ0) is 15.6. The molecule has 0 radical (unpaired) electrons. The van der Waals surface area contributed by atoms with Crippen LogP contribution in [0.3, 0.4) is 0 Å². The Labute approximate surface area is 127 Å². The number of fused-ring (bicyclic) bond motifs is 1. The van der Waals surface area contributed by atoms with E-state index in [9.17, 15) is 9.59 Å². The fraction of sp³-hybridized carbons (Fsp3) is 0.267. The van der Waals surface area contributed by atoms with Gasteiger partial charge in [0.25, 0.3) is 0 Å². The number of halogens is 1. The van der Waals surface area contributed by atoms with Gasteiger partial charge in [-0.25, -0.2) is 0 Å². The fourth-order valence-corrected chi connectivity index (χ4v) is 2.11. The zero-order valence-electron chi connectivity index (χ0n) is 12.1. The highest BCUT2D eigenvalue weighted by Crippen LogP contribution is 2.29. The first-order chi connectivity index (χ1) is 9.90. The Bertz CT molecular complexity index is 715. The van der Waals surface area contributed by atoms with E-state index in [1.54, 1.807) is 25.4 Å². The Balaban J connectivity index is 2.29. The lowest BCUT2D eigenvalue weighted by Gasteiger charge is -2.15. The second-order valence-corrected chi connectivity index (χ2v) is 5.26. The molecule has 0 unspecified atom stereocenters. The average molecular weight is 306 g/mol. The van der Waals surface area contributed by atoms with E-state index in [0.717, 1.165) is 10.9 Å². The standard InChI is InChI=1S/C15H16ClN3O2/c1-9-7-17-15-11(14(9)16)5-4-6-12(15)18-13(21)8-19(3)10(2)20/h4-7H,8H2,1-3H3,(H,18,21). The van der Waals surface area contributed by atoms with Gasteiger partial charge in [-0.15, -0.1) is 0 Å². The molecule has 0 atom stereocenters. The molecular weight excluding hydrogens is 290 g/mol. The van der Waals surface area contributed by atoms with Crippen molar-refractivity contribution < 1.29 is 9.59 Å². The van der Waals surface area contributed by atoms with Crippen LogP contribution in [-0.4, -0.2) is 35.3 Å². The summed E-state index contributed by atoms with van der Waals surface area (Å²) in [4.78, 5) is 28.8. The van der Waals surface area contributed by atoms with E-state index in [0.29, 0.717) is 16.2 Å². The number of benzene rings is 1. The highest BCUT2D eigenvalue weighted by atomic mass is 35.5. The first kappa shape index (κ1) is 15.3. The number of pyridine rings is 1. The van der Waals surface area contributed by atoms with Gasteiger partial charge in [-0.1, -0.05) is 23.7 Å². The van der Waals surface area contributed by atoms with Crippen molar-refractivity contribution >= 4 is 40.0 Å². The topological polar surface area (TPSA) is 62.3 Å². The van der Waals surface area contributed by atoms with E-state index >= 15 is 0 Å². The number of nitrogens with zero attached hydrogens (tertiary/aromatic N) is 2. The number of anilines is 1. The van der Waals surface area contributed by atoms with Crippen LogP contribution in [0.25, 0.3) is 10.9 Å². The predicted molar refractivity (Wildman–Crippen MR) is 83.4 cm³/mol. The maximum absolute atomic E-state index is 12.0. The number of hydrogen-bond acceptors (Lipinski definition) is 3. The quantitative estimate of drug-likeness (QED) is 0.948. The number of amides is 2. The lowest BCUT2D eigenvalue weighted by atomic mass is 10.1. The molecule has 1 heterocycles. The molecule has 5 nitrogen and oxygen atoms in total. The van der Waals surface area contributed by atoms with Crippen molar-refractivity contribution in [3.05, 3.63) is 35.0 Å². The van der Waals surface area contributed by atoms with Crippen molar-refractivity contribution in [1.29, 1.82) is 0 Å². The second-order valence-electron chi connectivity index (χ2n) is 4.88. The van der Waals surface area contributed by atoms with Gasteiger partial charge in [-0.05, 0) is 18.6 Å². The molecule has 0 bridgehead atoms. The summed E-state index contributed by atoms with van der Waals surface area (Å²) < 4.78 is 0. The molecule has 2 aromatic rings. The van der Waals surface area contributed by atoms with Gasteiger partial charge in [0.15, 0.2) is 0 Å². The van der Waals surface area contributed by atoms with Gasteiger partial charge in [0.2, 0.25) is 11.8 Å². The van der Waals surface area contributed by atoms with E-state index in [2.05, 4.69) is 10.3 Å². The highest BCUT2D eigenvalue weighted by Gasteiger charge is 2.12. The monoisotopic (exact) mass is 305 g/mol. The Morgan fingerprint density at radius 3 is 2.76 bits per heavy atom. The van der Waals surface area contributed by atoms with Crippen LogP contribution in [0.1, 0.15) is 12.5 Å². The minimum Gasteiger partial charge on any atom is -0.337 e. The van der Waals surface area contributed by atoms with Gasteiger partial charge < -0.3 is 10.2 Å². The van der Waals surface area contributed by atoms with Crippen LogP contribution in [0.2, 0.25) is 5.02 Å². The molecule has 0 fully saturated rings. The van der Waals surface area contributed by atoms with E-state index in [-0.39, 0.29) is 18.4 Å². The summed E-state index contributed by atoms with van der Waals surface area (Å²) in [5.74, 6) is -0.446. The first-order valence-corrected chi connectivity index (χ1v) is 6.83.